The Morgan fingerprint density at radius 3 is 2.36 bits per heavy atom. The number of carbonyl (C=O) groups is 1. The molecule has 0 aliphatic rings. The first-order valence-electron chi connectivity index (χ1n) is 10.5. The molecule has 2 aromatic heterocycles. The highest BCUT2D eigenvalue weighted by molar-refractivity contribution is 5.96. The van der Waals surface area contributed by atoms with E-state index in [-0.39, 0.29) is 36.9 Å². The molecule has 0 aliphatic carbocycles. The van der Waals surface area contributed by atoms with Gasteiger partial charge in [-0.3, -0.25) is 19.1 Å². The van der Waals surface area contributed by atoms with E-state index < -0.39 is 11.2 Å². The molecule has 9 heteroatoms. The number of aromatic amines is 1. The summed E-state index contributed by atoms with van der Waals surface area (Å²) >= 11 is 0. The average molecular weight is 444 g/mol. The summed E-state index contributed by atoms with van der Waals surface area (Å²) in [5, 5.41) is 4.31. The summed E-state index contributed by atoms with van der Waals surface area (Å²) in [5.74, 6) is -0.380. The van der Waals surface area contributed by atoms with E-state index in [2.05, 4.69) is 10.1 Å². The zero-order valence-electron chi connectivity index (χ0n) is 18.1. The Hall–Kier alpha value is -4.40. The lowest BCUT2D eigenvalue weighted by Crippen LogP contribution is -2.41. The van der Waals surface area contributed by atoms with E-state index in [0.29, 0.717) is 5.56 Å². The third-order valence-corrected chi connectivity index (χ3v) is 5.30. The fraction of sp³-hybridized carbons (Fsp3) is 0.167. The number of likely N-dealkylation sites (N-methyl/N-ethyl adjacent to an activating group) is 1. The van der Waals surface area contributed by atoms with Gasteiger partial charge >= 0.3 is 5.69 Å². The number of amides is 1. The fourth-order valence-electron chi connectivity index (χ4n) is 3.66. The van der Waals surface area contributed by atoms with Gasteiger partial charge in [0.15, 0.2) is 5.69 Å². The predicted molar refractivity (Wildman–Crippen MR) is 127 cm³/mol. The highest BCUT2D eigenvalue weighted by Crippen LogP contribution is 2.19. The van der Waals surface area contributed by atoms with E-state index in [1.807, 2.05) is 60.7 Å². The normalized spacial score (nSPS) is 10.8. The molecule has 2 aromatic carbocycles. The summed E-state index contributed by atoms with van der Waals surface area (Å²) < 4.78 is 2.94. The molecule has 4 rings (SSSR count). The van der Waals surface area contributed by atoms with Gasteiger partial charge in [0.1, 0.15) is 5.82 Å². The Bertz CT molecular complexity index is 1370. The summed E-state index contributed by atoms with van der Waals surface area (Å²) in [6.07, 6.45) is 3.41. The molecular formula is C24H24N6O3. The molecule has 0 atom stereocenters. The van der Waals surface area contributed by atoms with Gasteiger partial charge in [-0.15, -0.1) is 0 Å². The molecule has 0 spiro atoms. The standard InChI is InChI=1S/C24H24N6O3/c1-2-28(20(31)13-18-14-26-30(16-18)19-11-7-4-8-12-19)21-22(25)29(24(33)27-23(21)32)15-17-9-5-3-6-10-17/h3-12,14,16H,2,13,15,25H2,1H3,(H,27,32,33). The second kappa shape index (κ2) is 9.39. The lowest BCUT2D eigenvalue weighted by molar-refractivity contribution is -0.117. The minimum Gasteiger partial charge on any atom is -0.383 e. The van der Waals surface area contributed by atoms with Gasteiger partial charge in [-0.1, -0.05) is 48.5 Å². The van der Waals surface area contributed by atoms with Crippen LogP contribution in [0.3, 0.4) is 0 Å². The average Bonchev–Trinajstić information content (AvgIpc) is 3.29. The summed E-state index contributed by atoms with van der Waals surface area (Å²) in [6, 6.07) is 18.8. The van der Waals surface area contributed by atoms with Crippen molar-refractivity contribution in [3.05, 3.63) is 105 Å². The smallest absolute Gasteiger partial charge is 0.330 e. The maximum absolute atomic E-state index is 13.1. The third kappa shape index (κ3) is 4.62. The molecule has 1 amide bonds. The highest BCUT2D eigenvalue weighted by Gasteiger charge is 2.23. The van der Waals surface area contributed by atoms with Crippen LogP contribution in [0.1, 0.15) is 18.1 Å². The van der Waals surface area contributed by atoms with Crippen LogP contribution in [0.4, 0.5) is 11.5 Å². The largest absolute Gasteiger partial charge is 0.383 e. The summed E-state index contributed by atoms with van der Waals surface area (Å²) in [5.41, 5.74) is 7.30. The molecule has 168 valence electrons. The molecule has 2 heterocycles. The van der Waals surface area contributed by atoms with Gasteiger partial charge in [0.2, 0.25) is 5.91 Å². The summed E-state index contributed by atoms with van der Waals surface area (Å²) in [4.78, 5) is 41.8. The number of H-pyrrole nitrogens is 1. The predicted octanol–water partition coefficient (Wildman–Crippen LogP) is 1.95. The number of rotatable bonds is 7. The van der Waals surface area contributed by atoms with Crippen LogP contribution in [0, 0.1) is 0 Å². The van der Waals surface area contributed by atoms with E-state index in [0.717, 1.165) is 11.3 Å². The number of hydrogen-bond acceptors (Lipinski definition) is 5. The first-order valence-corrected chi connectivity index (χ1v) is 10.5. The molecule has 0 aliphatic heterocycles. The Balaban J connectivity index is 1.62. The molecular weight excluding hydrogens is 420 g/mol. The molecule has 0 unspecified atom stereocenters. The quantitative estimate of drug-likeness (QED) is 0.452. The number of carbonyl (C=O) groups excluding carboxylic acids is 1. The van der Waals surface area contributed by atoms with Crippen LogP contribution in [-0.4, -0.2) is 31.8 Å². The van der Waals surface area contributed by atoms with Crippen molar-refractivity contribution in [2.75, 3.05) is 17.2 Å². The zero-order valence-corrected chi connectivity index (χ0v) is 18.1. The monoisotopic (exact) mass is 444 g/mol. The van der Waals surface area contributed by atoms with Crippen LogP contribution < -0.4 is 21.9 Å². The maximum atomic E-state index is 13.1. The van der Waals surface area contributed by atoms with Gasteiger partial charge < -0.3 is 10.6 Å². The SMILES string of the molecule is CCN(C(=O)Cc1cnn(-c2ccccc2)c1)c1c(N)n(Cc2ccccc2)c(=O)[nH]c1=O. The molecule has 33 heavy (non-hydrogen) atoms. The van der Waals surface area contributed by atoms with Gasteiger partial charge in [-0.2, -0.15) is 5.10 Å². The van der Waals surface area contributed by atoms with Crippen LogP contribution in [0.5, 0.6) is 0 Å². The van der Waals surface area contributed by atoms with Gasteiger partial charge in [0.25, 0.3) is 5.56 Å². The van der Waals surface area contributed by atoms with Gasteiger partial charge in [0.05, 0.1) is 24.8 Å². The molecule has 0 fully saturated rings. The van der Waals surface area contributed by atoms with Crippen molar-refractivity contribution in [2.45, 2.75) is 19.9 Å². The number of nitrogens with one attached hydrogen (secondary N) is 1. The Labute approximate surface area is 189 Å². The van der Waals surface area contributed by atoms with E-state index in [1.54, 1.807) is 24.0 Å². The number of nitrogen functional groups attached to an aromatic ring is 1. The third-order valence-electron chi connectivity index (χ3n) is 5.30. The fourth-order valence-corrected chi connectivity index (χ4v) is 3.66. The highest BCUT2D eigenvalue weighted by atomic mass is 16.2. The van der Waals surface area contributed by atoms with Crippen LogP contribution in [0.2, 0.25) is 0 Å². The minimum absolute atomic E-state index is 0.0252. The van der Waals surface area contributed by atoms with Crippen molar-refractivity contribution in [1.29, 1.82) is 0 Å². The summed E-state index contributed by atoms with van der Waals surface area (Å²) in [6.45, 7) is 2.13. The number of hydrogen-bond donors (Lipinski definition) is 2. The van der Waals surface area contributed by atoms with E-state index in [9.17, 15) is 14.4 Å². The Morgan fingerprint density at radius 2 is 1.70 bits per heavy atom. The second-order valence-corrected chi connectivity index (χ2v) is 7.51. The molecule has 4 aromatic rings. The van der Waals surface area contributed by atoms with Crippen molar-refractivity contribution in [2.24, 2.45) is 0 Å². The molecule has 0 radical (unpaired) electrons. The second-order valence-electron chi connectivity index (χ2n) is 7.51. The molecule has 9 nitrogen and oxygen atoms in total. The molecule has 0 saturated carbocycles. The first kappa shape index (κ1) is 21.8. The van der Waals surface area contributed by atoms with Crippen LogP contribution >= 0.6 is 0 Å². The molecule has 3 N–H and O–H groups in total. The summed E-state index contributed by atoms with van der Waals surface area (Å²) in [7, 11) is 0. The van der Waals surface area contributed by atoms with Crippen molar-refractivity contribution < 1.29 is 4.79 Å². The Kier molecular flexibility index (Phi) is 6.21. The topological polar surface area (TPSA) is 119 Å². The number of nitrogens with two attached hydrogens (primary N) is 1. The lowest BCUT2D eigenvalue weighted by Gasteiger charge is -2.23. The van der Waals surface area contributed by atoms with Crippen molar-refractivity contribution in [3.63, 3.8) is 0 Å². The minimum atomic E-state index is -0.697. The van der Waals surface area contributed by atoms with E-state index in [4.69, 9.17) is 5.73 Å². The van der Waals surface area contributed by atoms with E-state index >= 15 is 0 Å². The van der Waals surface area contributed by atoms with Gasteiger partial charge in [-0.25, -0.2) is 9.48 Å². The zero-order chi connectivity index (χ0) is 23.4. The Morgan fingerprint density at radius 1 is 1.03 bits per heavy atom. The number of para-hydroxylation sites is 1. The maximum Gasteiger partial charge on any atom is 0.330 e. The number of benzene rings is 2. The van der Waals surface area contributed by atoms with Crippen molar-refractivity contribution in [1.82, 2.24) is 19.3 Å². The number of aromatic nitrogens is 4. The van der Waals surface area contributed by atoms with Gasteiger partial charge in [-0.05, 0) is 30.2 Å². The van der Waals surface area contributed by atoms with Crippen molar-refractivity contribution in [3.8, 4) is 5.69 Å². The number of anilines is 2. The first-order chi connectivity index (χ1) is 16.0. The van der Waals surface area contributed by atoms with Gasteiger partial charge in [0, 0.05) is 12.7 Å². The van der Waals surface area contributed by atoms with E-state index in [1.165, 1.54) is 9.47 Å². The molecule has 0 saturated heterocycles. The molecule has 0 bridgehead atoms. The van der Waals surface area contributed by atoms with Crippen molar-refractivity contribution >= 4 is 17.4 Å². The van der Waals surface area contributed by atoms with Crippen LogP contribution in [0.15, 0.2) is 82.6 Å². The van der Waals surface area contributed by atoms with Crippen LogP contribution in [0.25, 0.3) is 5.69 Å². The number of nitrogens with zero attached hydrogens (tertiary/aromatic N) is 4. The lowest BCUT2D eigenvalue weighted by atomic mass is 10.2. The van der Waals surface area contributed by atoms with Crippen LogP contribution in [-0.2, 0) is 17.8 Å².